The lowest BCUT2D eigenvalue weighted by Gasteiger charge is -2.46. The van der Waals surface area contributed by atoms with E-state index in [0.29, 0.717) is 6.54 Å². The number of fused-ring (bicyclic) bond motifs is 3. The number of hydrogen-bond acceptors (Lipinski definition) is 6. The Morgan fingerprint density at radius 3 is 2.41 bits per heavy atom. The number of carbonyl (C=O) groups excluding carboxylic acids is 2. The molecule has 3 aromatic rings. The second kappa shape index (κ2) is 10.1. The summed E-state index contributed by atoms with van der Waals surface area (Å²) in [5.74, 6) is 0.831. The third-order valence-electron chi connectivity index (χ3n) is 7.61. The molecule has 4 unspecified atom stereocenters. The topological polar surface area (TPSA) is 68.4 Å². The predicted molar refractivity (Wildman–Crippen MR) is 146 cm³/mol. The lowest BCUT2D eigenvalue weighted by atomic mass is 10.0. The number of carbonyl (C=O) groups is 2. The molecule has 4 atom stereocenters. The minimum absolute atomic E-state index is 0.127. The number of hydrogen-bond donors (Lipinski definition) is 1. The molecule has 0 bridgehead atoms. The SMILES string of the molecule is CC1CN(c2ccc(Oc3ccccc3)cc2)C2NC3C(C(=O)N(Cc4c(F)cccc4Cl)C(=O)N3C)N2C1. The maximum atomic E-state index is 14.5. The van der Waals surface area contributed by atoms with Gasteiger partial charge in [-0.1, -0.05) is 42.8 Å². The average Bonchev–Trinajstić information content (AvgIpc) is 3.31. The summed E-state index contributed by atoms with van der Waals surface area (Å²) in [5.41, 5.74) is 1.10. The lowest BCUT2D eigenvalue weighted by Crippen LogP contribution is -2.66. The number of nitrogens with zero attached hydrogens (tertiary/aromatic N) is 4. The fourth-order valence-electron chi connectivity index (χ4n) is 5.74. The normalized spacial score (nSPS) is 25.1. The number of benzene rings is 3. The number of rotatable bonds is 5. The minimum atomic E-state index is -0.616. The number of amides is 3. The molecule has 6 rings (SSSR count). The van der Waals surface area contributed by atoms with Gasteiger partial charge >= 0.3 is 6.03 Å². The van der Waals surface area contributed by atoms with Crippen molar-refractivity contribution in [2.45, 2.75) is 32.0 Å². The summed E-state index contributed by atoms with van der Waals surface area (Å²) in [6.07, 6.45) is -0.816. The summed E-state index contributed by atoms with van der Waals surface area (Å²) in [4.78, 5) is 34.1. The number of halogens is 2. The van der Waals surface area contributed by atoms with Crippen LogP contribution in [0.5, 0.6) is 11.5 Å². The van der Waals surface area contributed by atoms with Crippen LogP contribution in [0, 0.1) is 11.7 Å². The number of ether oxygens (including phenoxy) is 1. The van der Waals surface area contributed by atoms with Crippen LogP contribution in [0.15, 0.2) is 72.8 Å². The van der Waals surface area contributed by atoms with E-state index in [4.69, 9.17) is 16.3 Å². The van der Waals surface area contributed by atoms with E-state index in [-0.39, 0.29) is 35.2 Å². The summed E-state index contributed by atoms with van der Waals surface area (Å²) in [7, 11) is 1.66. The van der Waals surface area contributed by atoms with Crippen LogP contribution in [0.1, 0.15) is 12.5 Å². The second-order valence-corrected chi connectivity index (χ2v) is 10.7. The van der Waals surface area contributed by atoms with Crippen molar-refractivity contribution in [3.05, 3.63) is 89.2 Å². The zero-order chi connectivity index (χ0) is 27.3. The molecule has 10 heteroatoms. The molecule has 3 heterocycles. The predicted octanol–water partition coefficient (Wildman–Crippen LogP) is 4.71. The van der Waals surface area contributed by atoms with Gasteiger partial charge in [-0.15, -0.1) is 0 Å². The molecular weight excluding hydrogens is 521 g/mol. The van der Waals surface area contributed by atoms with Gasteiger partial charge in [0.1, 0.15) is 35.8 Å². The van der Waals surface area contributed by atoms with Gasteiger partial charge in [0.05, 0.1) is 6.54 Å². The van der Waals surface area contributed by atoms with E-state index < -0.39 is 24.1 Å². The van der Waals surface area contributed by atoms with Gasteiger partial charge in [0.25, 0.3) is 5.91 Å². The summed E-state index contributed by atoms with van der Waals surface area (Å²) in [6, 6.07) is 20.7. The largest absolute Gasteiger partial charge is 0.457 e. The van der Waals surface area contributed by atoms with Crippen LogP contribution in [0.2, 0.25) is 5.02 Å². The van der Waals surface area contributed by atoms with Crippen molar-refractivity contribution in [3.63, 3.8) is 0 Å². The van der Waals surface area contributed by atoms with Crippen molar-refractivity contribution in [3.8, 4) is 11.5 Å². The van der Waals surface area contributed by atoms with E-state index in [9.17, 15) is 14.0 Å². The zero-order valence-corrected chi connectivity index (χ0v) is 22.4. The maximum Gasteiger partial charge on any atom is 0.328 e. The van der Waals surface area contributed by atoms with Gasteiger partial charge in [-0.3, -0.25) is 19.9 Å². The van der Waals surface area contributed by atoms with Gasteiger partial charge in [0.15, 0.2) is 0 Å². The monoisotopic (exact) mass is 549 g/mol. The number of urea groups is 1. The van der Waals surface area contributed by atoms with E-state index in [1.54, 1.807) is 13.1 Å². The molecule has 3 amide bonds. The molecule has 3 aliphatic rings. The Morgan fingerprint density at radius 1 is 0.974 bits per heavy atom. The lowest BCUT2D eigenvalue weighted by molar-refractivity contribution is -0.139. The van der Waals surface area contributed by atoms with Crippen molar-refractivity contribution in [1.82, 2.24) is 20.0 Å². The Morgan fingerprint density at radius 2 is 1.69 bits per heavy atom. The number of para-hydroxylation sites is 1. The Labute approximate surface area is 231 Å². The van der Waals surface area contributed by atoms with Gasteiger partial charge in [0, 0.05) is 36.4 Å². The molecule has 3 fully saturated rings. The van der Waals surface area contributed by atoms with Crippen LogP contribution < -0.4 is 15.0 Å². The average molecular weight is 550 g/mol. The van der Waals surface area contributed by atoms with Crippen molar-refractivity contribution >= 4 is 29.2 Å². The Kier molecular flexibility index (Phi) is 6.66. The van der Waals surface area contributed by atoms with Crippen LogP contribution in [0.4, 0.5) is 14.9 Å². The van der Waals surface area contributed by atoms with E-state index in [1.807, 2.05) is 54.6 Å². The summed E-state index contributed by atoms with van der Waals surface area (Å²) in [5, 5.41) is 3.70. The van der Waals surface area contributed by atoms with Gasteiger partial charge in [0.2, 0.25) is 0 Å². The van der Waals surface area contributed by atoms with E-state index in [2.05, 4.69) is 22.0 Å². The highest BCUT2D eigenvalue weighted by Crippen LogP contribution is 2.36. The quantitative estimate of drug-likeness (QED) is 0.497. The summed E-state index contributed by atoms with van der Waals surface area (Å²) in [6.45, 7) is 3.36. The third kappa shape index (κ3) is 4.60. The fraction of sp³-hybridized carbons (Fsp3) is 0.310. The number of nitrogens with one attached hydrogen (secondary N) is 1. The second-order valence-electron chi connectivity index (χ2n) is 10.3. The zero-order valence-electron chi connectivity index (χ0n) is 21.6. The van der Waals surface area contributed by atoms with E-state index in [1.165, 1.54) is 17.0 Å². The van der Waals surface area contributed by atoms with Gasteiger partial charge < -0.3 is 14.5 Å². The van der Waals surface area contributed by atoms with Gasteiger partial charge in [-0.05, 0) is 54.4 Å². The molecule has 3 aromatic carbocycles. The van der Waals surface area contributed by atoms with Crippen molar-refractivity contribution in [2.75, 3.05) is 25.0 Å². The Balaban J connectivity index is 1.25. The molecule has 39 heavy (non-hydrogen) atoms. The molecular formula is C29H29ClFN5O3. The Hall–Kier alpha value is -3.66. The van der Waals surface area contributed by atoms with E-state index >= 15 is 0 Å². The molecule has 3 aliphatic heterocycles. The van der Waals surface area contributed by atoms with Gasteiger partial charge in [-0.2, -0.15) is 0 Å². The summed E-state index contributed by atoms with van der Waals surface area (Å²) >= 11 is 6.22. The molecule has 0 radical (unpaired) electrons. The summed E-state index contributed by atoms with van der Waals surface area (Å²) < 4.78 is 20.5. The van der Waals surface area contributed by atoms with Crippen molar-refractivity contribution in [2.24, 2.45) is 5.92 Å². The van der Waals surface area contributed by atoms with Crippen LogP contribution >= 0.6 is 11.6 Å². The molecule has 1 N–H and O–H groups in total. The number of imide groups is 1. The first-order valence-electron chi connectivity index (χ1n) is 12.9. The number of likely N-dealkylation sites (N-methyl/N-ethyl adjacent to an activating group) is 1. The standard InChI is InChI=1S/C29H29ClFN5O3/c1-18-15-34(19-11-13-21(14-12-19)39-20-7-4-3-5-8-20)28-32-26-25(35(28)16-18)27(37)36(29(38)33(26)2)17-22-23(30)9-6-10-24(22)31/h3-14,18,25-26,28,32H,15-17H2,1-2H3. The smallest absolute Gasteiger partial charge is 0.328 e. The maximum absolute atomic E-state index is 14.5. The van der Waals surface area contributed by atoms with Crippen LogP contribution in [-0.2, 0) is 11.3 Å². The van der Waals surface area contributed by atoms with Crippen molar-refractivity contribution < 1.29 is 18.7 Å². The highest BCUT2D eigenvalue weighted by Gasteiger charge is 2.56. The van der Waals surface area contributed by atoms with Gasteiger partial charge in [-0.25, -0.2) is 9.18 Å². The molecule has 0 aromatic heterocycles. The van der Waals surface area contributed by atoms with E-state index in [0.717, 1.165) is 28.6 Å². The molecule has 202 valence electrons. The fourth-order valence-corrected chi connectivity index (χ4v) is 5.96. The molecule has 0 saturated carbocycles. The molecule has 0 aliphatic carbocycles. The number of anilines is 1. The first-order valence-corrected chi connectivity index (χ1v) is 13.3. The van der Waals surface area contributed by atoms with Crippen LogP contribution in [0.3, 0.4) is 0 Å². The van der Waals surface area contributed by atoms with Crippen molar-refractivity contribution in [1.29, 1.82) is 0 Å². The Bertz CT molecular complexity index is 1370. The highest BCUT2D eigenvalue weighted by molar-refractivity contribution is 6.31. The molecule has 8 nitrogen and oxygen atoms in total. The van der Waals surface area contributed by atoms with Crippen LogP contribution in [-0.4, -0.2) is 65.3 Å². The first-order chi connectivity index (χ1) is 18.8. The first kappa shape index (κ1) is 25.6. The third-order valence-corrected chi connectivity index (χ3v) is 7.96. The molecule has 0 spiro atoms. The molecule has 3 saturated heterocycles. The highest BCUT2D eigenvalue weighted by atomic mass is 35.5. The minimum Gasteiger partial charge on any atom is -0.457 e. The van der Waals surface area contributed by atoms with Crippen LogP contribution in [0.25, 0.3) is 0 Å².